The molecule has 2 N–H and O–H groups in total. The Labute approximate surface area is 144 Å². The van der Waals surface area contributed by atoms with Crippen LogP contribution in [-0.4, -0.2) is 51.8 Å². The Kier molecular flexibility index (Phi) is 3.89. The third-order valence-corrected chi connectivity index (χ3v) is 4.29. The van der Waals surface area contributed by atoms with Crippen molar-refractivity contribution in [1.29, 1.82) is 0 Å². The van der Waals surface area contributed by atoms with Gasteiger partial charge in [-0.1, -0.05) is 12.1 Å². The van der Waals surface area contributed by atoms with E-state index in [9.17, 15) is 9.90 Å². The van der Waals surface area contributed by atoms with E-state index in [2.05, 4.69) is 15.2 Å². The monoisotopic (exact) mass is 341 g/mol. The topological polar surface area (TPSA) is 92.0 Å². The number of aryl methyl sites for hydroxylation is 1. The number of nitrogens with zero attached hydrogens (tertiary/aromatic N) is 4. The molecule has 0 aliphatic carbocycles. The van der Waals surface area contributed by atoms with E-state index >= 15 is 0 Å². The number of guanidine groups is 1. The molecule has 1 saturated heterocycles. The van der Waals surface area contributed by atoms with Crippen LogP contribution >= 0.6 is 0 Å². The molecule has 3 heterocycles. The second-order valence-corrected chi connectivity index (χ2v) is 6.07. The number of aromatic nitrogens is 2. The molecular formula is C17H19N5O3. The second kappa shape index (κ2) is 6.21. The maximum Gasteiger partial charge on any atom is 0.257 e. The summed E-state index contributed by atoms with van der Waals surface area (Å²) in [5.74, 6) is 1.32. The van der Waals surface area contributed by atoms with Crippen molar-refractivity contribution >= 4 is 11.9 Å². The van der Waals surface area contributed by atoms with E-state index < -0.39 is 6.17 Å². The lowest BCUT2D eigenvalue weighted by Gasteiger charge is -2.34. The first-order valence-electron chi connectivity index (χ1n) is 8.18. The predicted octanol–water partition coefficient (Wildman–Crippen LogP) is 0.918. The minimum absolute atomic E-state index is 0.169. The maximum absolute atomic E-state index is 12.5. The molecule has 25 heavy (non-hydrogen) atoms. The van der Waals surface area contributed by atoms with Crippen LogP contribution in [0.25, 0.3) is 0 Å². The van der Waals surface area contributed by atoms with Gasteiger partial charge in [-0.15, -0.1) is 0 Å². The van der Waals surface area contributed by atoms with Gasteiger partial charge < -0.3 is 14.7 Å². The van der Waals surface area contributed by atoms with Crippen LogP contribution in [0.5, 0.6) is 5.75 Å². The van der Waals surface area contributed by atoms with Crippen LogP contribution < -0.4 is 10.9 Å². The Bertz CT molecular complexity index is 869. The van der Waals surface area contributed by atoms with Gasteiger partial charge in [0, 0.05) is 24.8 Å². The van der Waals surface area contributed by atoms with Crippen LogP contribution in [0, 0.1) is 6.92 Å². The van der Waals surface area contributed by atoms with E-state index in [-0.39, 0.29) is 11.3 Å². The molecule has 1 aromatic heterocycles. The number of fused-ring (bicyclic) bond motifs is 1. The Morgan fingerprint density at radius 1 is 1.24 bits per heavy atom. The standard InChI is InChI=1S/C17H19N5O3/c1-11-10-14(24)22-15(12-2-4-13(23)5-3-12)19-16(20-17(22)18-11)21-6-8-25-9-7-21/h2-5,10,15,23H,6-9H2,1H3,(H,18,19,20)/t15-/m1/s1. The zero-order valence-corrected chi connectivity index (χ0v) is 13.8. The summed E-state index contributed by atoms with van der Waals surface area (Å²) in [4.78, 5) is 23.9. The highest BCUT2D eigenvalue weighted by atomic mass is 16.5. The van der Waals surface area contributed by atoms with Gasteiger partial charge in [-0.05, 0) is 24.6 Å². The van der Waals surface area contributed by atoms with Crippen molar-refractivity contribution in [1.82, 2.24) is 14.5 Å². The summed E-state index contributed by atoms with van der Waals surface area (Å²) in [6.07, 6.45) is -0.532. The van der Waals surface area contributed by atoms with Gasteiger partial charge in [0.15, 0.2) is 6.17 Å². The lowest BCUT2D eigenvalue weighted by atomic mass is 10.1. The zero-order chi connectivity index (χ0) is 17.4. The molecule has 0 bridgehead atoms. The van der Waals surface area contributed by atoms with Gasteiger partial charge in [0.2, 0.25) is 11.9 Å². The molecule has 2 aromatic rings. The number of aromatic hydroxyl groups is 1. The van der Waals surface area contributed by atoms with Crippen molar-refractivity contribution in [3.8, 4) is 5.75 Å². The zero-order valence-electron chi connectivity index (χ0n) is 13.8. The normalized spacial score (nSPS) is 19.8. The third-order valence-electron chi connectivity index (χ3n) is 4.29. The van der Waals surface area contributed by atoms with Crippen molar-refractivity contribution < 1.29 is 9.84 Å². The van der Waals surface area contributed by atoms with E-state index in [1.807, 2.05) is 0 Å². The van der Waals surface area contributed by atoms with Gasteiger partial charge >= 0.3 is 0 Å². The van der Waals surface area contributed by atoms with Crippen molar-refractivity contribution in [2.24, 2.45) is 4.99 Å². The number of anilines is 1. The number of benzene rings is 1. The summed E-state index contributed by atoms with van der Waals surface area (Å²) in [5.41, 5.74) is 1.29. The number of hydrogen-bond acceptors (Lipinski definition) is 7. The molecular weight excluding hydrogens is 322 g/mol. The number of morpholine rings is 1. The molecule has 4 rings (SSSR count). The Balaban J connectivity index is 1.82. The van der Waals surface area contributed by atoms with Crippen LogP contribution in [-0.2, 0) is 4.74 Å². The highest BCUT2D eigenvalue weighted by Gasteiger charge is 2.28. The Morgan fingerprint density at radius 2 is 1.96 bits per heavy atom. The second-order valence-electron chi connectivity index (χ2n) is 6.07. The first kappa shape index (κ1) is 15.6. The van der Waals surface area contributed by atoms with Gasteiger partial charge in [0.05, 0.1) is 13.2 Å². The van der Waals surface area contributed by atoms with Crippen molar-refractivity contribution in [2.75, 3.05) is 31.6 Å². The predicted molar refractivity (Wildman–Crippen MR) is 92.9 cm³/mol. The molecule has 0 unspecified atom stereocenters. The van der Waals surface area contributed by atoms with Crippen LogP contribution in [0.1, 0.15) is 17.4 Å². The smallest absolute Gasteiger partial charge is 0.257 e. The molecule has 8 nitrogen and oxygen atoms in total. The van der Waals surface area contributed by atoms with Crippen molar-refractivity contribution in [3.05, 3.63) is 51.9 Å². The third kappa shape index (κ3) is 2.96. The summed E-state index contributed by atoms with van der Waals surface area (Å²) in [6.45, 7) is 4.52. The molecule has 2 aliphatic heterocycles. The highest BCUT2D eigenvalue weighted by molar-refractivity contribution is 5.93. The molecule has 2 aliphatic rings. The van der Waals surface area contributed by atoms with Gasteiger partial charge in [0.25, 0.3) is 5.56 Å². The molecule has 0 radical (unpaired) electrons. The fourth-order valence-corrected chi connectivity index (χ4v) is 3.04. The molecule has 1 atom stereocenters. The maximum atomic E-state index is 12.5. The molecule has 1 fully saturated rings. The average Bonchev–Trinajstić information content (AvgIpc) is 2.62. The summed E-state index contributed by atoms with van der Waals surface area (Å²) in [7, 11) is 0. The number of aliphatic imine (C=N–C) groups is 1. The number of phenols is 1. The van der Waals surface area contributed by atoms with Gasteiger partial charge in [-0.3, -0.25) is 14.7 Å². The summed E-state index contributed by atoms with van der Waals surface area (Å²) < 4.78 is 6.93. The summed E-state index contributed by atoms with van der Waals surface area (Å²) in [5, 5.41) is 12.7. The van der Waals surface area contributed by atoms with E-state index in [4.69, 9.17) is 9.73 Å². The molecule has 0 spiro atoms. The summed E-state index contributed by atoms with van der Waals surface area (Å²) >= 11 is 0. The minimum Gasteiger partial charge on any atom is -0.508 e. The minimum atomic E-state index is -0.532. The van der Waals surface area contributed by atoms with E-state index in [0.29, 0.717) is 30.8 Å². The van der Waals surface area contributed by atoms with Crippen LogP contribution in [0.15, 0.2) is 40.1 Å². The molecule has 8 heteroatoms. The first-order valence-corrected chi connectivity index (χ1v) is 8.18. The van der Waals surface area contributed by atoms with Crippen molar-refractivity contribution in [3.63, 3.8) is 0 Å². The average molecular weight is 341 g/mol. The van der Waals surface area contributed by atoms with Crippen molar-refractivity contribution in [2.45, 2.75) is 13.1 Å². The fourth-order valence-electron chi connectivity index (χ4n) is 3.04. The van der Waals surface area contributed by atoms with E-state index in [0.717, 1.165) is 18.7 Å². The van der Waals surface area contributed by atoms with Gasteiger partial charge in [0.1, 0.15) is 5.75 Å². The van der Waals surface area contributed by atoms with Crippen LogP contribution in [0.2, 0.25) is 0 Å². The van der Waals surface area contributed by atoms with Gasteiger partial charge in [-0.2, -0.15) is 0 Å². The Morgan fingerprint density at radius 3 is 2.68 bits per heavy atom. The number of nitrogens with one attached hydrogen (secondary N) is 1. The molecule has 1 aromatic carbocycles. The molecule has 130 valence electrons. The van der Waals surface area contributed by atoms with Gasteiger partial charge in [-0.25, -0.2) is 9.98 Å². The highest BCUT2D eigenvalue weighted by Crippen LogP contribution is 2.27. The van der Waals surface area contributed by atoms with Crippen LogP contribution in [0.4, 0.5) is 5.95 Å². The van der Waals surface area contributed by atoms with E-state index in [1.54, 1.807) is 31.2 Å². The molecule has 0 amide bonds. The number of rotatable bonds is 1. The van der Waals surface area contributed by atoms with E-state index in [1.165, 1.54) is 10.6 Å². The lowest BCUT2D eigenvalue weighted by molar-refractivity contribution is 0.0675. The largest absolute Gasteiger partial charge is 0.508 e. The first-order chi connectivity index (χ1) is 12.1. The number of ether oxygens (including phenoxy) is 1. The van der Waals surface area contributed by atoms with Crippen LogP contribution in [0.3, 0.4) is 0 Å². The Hall–Kier alpha value is -2.87. The number of phenolic OH excluding ortho intramolecular Hbond substituents is 1. The quantitative estimate of drug-likeness (QED) is 0.801. The number of hydrogen-bond donors (Lipinski definition) is 2. The SMILES string of the molecule is Cc1cc(=O)n2c(n1)NC(N1CCOCC1)=N[C@H]2c1ccc(O)cc1. The fraction of sp³-hybridized carbons (Fsp3) is 0.353. The summed E-state index contributed by atoms with van der Waals surface area (Å²) in [6, 6.07) is 8.21. The lowest BCUT2D eigenvalue weighted by Crippen LogP contribution is -2.47. The molecule has 0 saturated carbocycles.